The maximum absolute atomic E-state index is 2.45. The van der Waals surface area contributed by atoms with Gasteiger partial charge in [0.15, 0.2) is 0 Å². The molecule has 0 aliphatic heterocycles. The van der Waals surface area contributed by atoms with Gasteiger partial charge in [0, 0.05) is 0 Å². The Labute approximate surface area is 98.5 Å². The van der Waals surface area contributed by atoms with Crippen LogP contribution in [0.1, 0.15) is 60.3 Å². The zero-order valence-corrected chi connectivity index (χ0v) is 11.7. The highest BCUT2D eigenvalue weighted by molar-refractivity contribution is 6.35. The average Bonchev–Trinajstić information content (AvgIpc) is 2.27. The molecule has 0 aromatic carbocycles. The van der Waals surface area contributed by atoms with Crippen molar-refractivity contribution in [2.45, 2.75) is 72.9 Å². The summed E-state index contributed by atoms with van der Waals surface area (Å²) < 4.78 is 0. The van der Waals surface area contributed by atoms with Crippen molar-refractivity contribution in [3.05, 3.63) is 0 Å². The van der Waals surface area contributed by atoms with E-state index in [1.165, 1.54) is 25.7 Å². The van der Waals surface area contributed by atoms with Crippen LogP contribution in [-0.4, -0.2) is 7.28 Å². The van der Waals surface area contributed by atoms with Gasteiger partial charge in [-0.15, -0.1) is 0 Å². The van der Waals surface area contributed by atoms with Crippen molar-refractivity contribution in [1.82, 2.24) is 0 Å². The molecule has 0 N–H and O–H groups in total. The van der Waals surface area contributed by atoms with Crippen molar-refractivity contribution in [3.8, 4) is 0 Å². The molecule has 0 fully saturated rings. The fourth-order valence-electron chi connectivity index (χ4n) is 2.85. The van der Waals surface area contributed by atoms with Gasteiger partial charge in [0.25, 0.3) is 0 Å². The lowest BCUT2D eigenvalue weighted by atomic mass is 9.57. The van der Waals surface area contributed by atoms with E-state index in [1.807, 2.05) is 0 Å². The standard InChI is InChI=1S/C14H30B/c1-7-10-14(13(8-2)9-3)11(4)12(5)15-6/h11-14H,7-10H2,1-6H3. The van der Waals surface area contributed by atoms with E-state index in [0.717, 1.165) is 23.6 Å². The molecule has 1 heteroatoms. The molecule has 3 unspecified atom stereocenters. The lowest BCUT2D eigenvalue weighted by molar-refractivity contribution is 0.205. The van der Waals surface area contributed by atoms with Crippen LogP contribution in [-0.2, 0) is 0 Å². The zero-order valence-electron chi connectivity index (χ0n) is 11.7. The van der Waals surface area contributed by atoms with Crippen LogP contribution in [0.5, 0.6) is 0 Å². The lowest BCUT2D eigenvalue weighted by Crippen LogP contribution is -2.25. The Kier molecular flexibility index (Phi) is 8.28. The van der Waals surface area contributed by atoms with Crippen molar-refractivity contribution in [2.75, 3.05) is 0 Å². The molecule has 1 radical (unpaired) electrons. The van der Waals surface area contributed by atoms with Crippen molar-refractivity contribution >= 4 is 7.28 Å². The normalized spacial score (nSPS) is 17.5. The van der Waals surface area contributed by atoms with Crippen LogP contribution < -0.4 is 0 Å². The van der Waals surface area contributed by atoms with Gasteiger partial charge in [0.2, 0.25) is 0 Å². The smallest absolute Gasteiger partial charge is 0.0917 e. The Morgan fingerprint density at radius 1 is 1.00 bits per heavy atom. The second-order valence-corrected chi connectivity index (χ2v) is 5.08. The van der Waals surface area contributed by atoms with E-state index in [-0.39, 0.29) is 0 Å². The second kappa shape index (κ2) is 8.24. The molecule has 0 nitrogen and oxygen atoms in total. The predicted octanol–water partition coefficient (Wildman–Crippen LogP) is 5.04. The maximum Gasteiger partial charge on any atom is 0.110 e. The van der Waals surface area contributed by atoms with Crippen molar-refractivity contribution < 1.29 is 0 Å². The molecule has 0 bridgehead atoms. The van der Waals surface area contributed by atoms with Gasteiger partial charge in [-0.25, -0.2) is 0 Å². The van der Waals surface area contributed by atoms with Gasteiger partial charge in [0.05, 0.1) is 0 Å². The first-order valence-electron chi connectivity index (χ1n) is 6.91. The molecule has 0 aromatic rings. The van der Waals surface area contributed by atoms with Crippen LogP contribution >= 0.6 is 0 Å². The van der Waals surface area contributed by atoms with Gasteiger partial charge < -0.3 is 0 Å². The van der Waals surface area contributed by atoms with Gasteiger partial charge in [-0.05, 0) is 17.8 Å². The fourth-order valence-corrected chi connectivity index (χ4v) is 2.85. The van der Waals surface area contributed by atoms with E-state index in [4.69, 9.17) is 0 Å². The van der Waals surface area contributed by atoms with Crippen LogP contribution in [0.3, 0.4) is 0 Å². The van der Waals surface area contributed by atoms with Crippen LogP contribution in [0, 0.1) is 17.8 Å². The maximum atomic E-state index is 2.45. The van der Waals surface area contributed by atoms with E-state index in [0.29, 0.717) is 0 Å². The summed E-state index contributed by atoms with van der Waals surface area (Å²) in [5, 5.41) is 0. The Bertz CT molecular complexity index is 140. The largest absolute Gasteiger partial charge is 0.110 e. The van der Waals surface area contributed by atoms with Gasteiger partial charge in [-0.2, -0.15) is 0 Å². The summed E-state index contributed by atoms with van der Waals surface area (Å²) in [4.78, 5) is 0. The average molecular weight is 209 g/mol. The SMILES string of the molecule is C[B]C(C)C(C)C(CCC)C(CC)CC. The van der Waals surface area contributed by atoms with Gasteiger partial charge >= 0.3 is 0 Å². The first kappa shape index (κ1) is 15.1. The highest BCUT2D eigenvalue weighted by atomic mass is 14.3. The second-order valence-electron chi connectivity index (χ2n) is 5.08. The molecule has 0 aliphatic carbocycles. The van der Waals surface area contributed by atoms with Crippen LogP contribution in [0.15, 0.2) is 0 Å². The topological polar surface area (TPSA) is 0 Å². The minimum atomic E-state index is 0.766. The monoisotopic (exact) mass is 209 g/mol. The van der Waals surface area contributed by atoms with E-state index in [2.05, 4.69) is 48.7 Å². The van der Waals surface area contributed by atoms with Gasteiger partial charge in [-0.3, -0.25) is 0 Å². The van der Waals surface area contributed by atoms with Crippen LogP contribution in [0.25, 0.3) is 0 Å². The summed E-state index contributed by atoms with van der Waals surface area (Å²) >= 11 is 0. The minimum absolute atomic E-state index is 0.766. The number of rotatable bonds is 8. The molecule has 0 amide bonds. The van der Waals surface area contributed by atoms with Crippen molar-refractivity contribution in [1.29, 1.82) is 0 Å². The summed E-state index contributed by atoms with van der Waals surface area (Å²) in [5.74, 6) is 3.47. The molecule has 0 heterocycles. The Morgan fingerprint density at radius 2 is 1.53 bits per heavy atom. The van der Waals surface area contributed by atoms with E-state index in [9.17, 15) is 0 Å². The van der Waals surface area contributed by atoms with Crippen LogP contribution in [0.4, 0.5) is 0 Å². The third-order valence-electron chi connectivity index (χ3n) is 4.31. The zero-order chi connectivity index (χ0) is 11.8. The Morgan fingerprint density at radius 3 is 1.87 bits per heavy atom. The molecule has 0 aromatic heterocycles. The summed E-state index contributed by atoms with van der Waals surface area (Å²) in [7, 11) is 2.37. The quantitative estimate of drug-likeness (QED) is 0.491. The van der Waals surface area contributed by atoms with Gasteiger partial charge in [0.1, 0.15) is 7.28 Å². The molecule has 0 rings (SSSR count). The van der Waals surface area contributed by atoms with Crippen molar-refractivity contribution in [2.24, 2.45) is 17.8 Å². The van der Waals surface area contributed by atoms with E-state index < -0.39 is 0 Å². The highest BCUT2D eigenvalue weighted by Crippen LogP contribution is 2.36. The summed E-state index contributed by atoms with van der Waals surface area (Å²) in [5.41, 5.74) is 0. The lowest BCUT2D eigenvalue weighted by Gasteiger charge is -2.34. The molecular weight excluding hydrogens is 179 g/mol. The Balaban J connectivity index is 4.47. The molecule has 0 saturated heterocycles. The number of hydrogen-bond acceptors (Lipinski definition) is 0. The molecule has 0 aliphatic rings. The third-order valence-corrected chi connectivity index (χ3v) is 4.31. The van der Waals surface area contributed by atoms with E-state index >= 15 is 0 Å². The Hall–Kier alpha value is 0.0649. The molecule has 3 atom stereocenters. The molecule has 0 spiro atoms. The van der Waals surface area contributed by atoms with Gasteiger partial charge in [-0.1, -0.05) is 72.9 Å². The highest BCUT2D eigenvalue weighted by Gasteiger charge is 2.26. The third kappa shape index (κ3) is 4.61. The predicted molar refractivity (Wildman–Crippen MR) is 72.7 cm³/mol. The van der Waals surface area contributed by atoms with Crippen molar-refractivity contribution in [3.63, 3.8) is 0 Å². The molecule has 0 saturated carbocycles. The molecular formula is C14H30B. The molecule has 89 valence electrons. The number of hydrogen-bond donors (Lipinski definition) is 0. The summed E-state index contributed by atoms with van der Waals surface area (Å²) in [6, 6.07) is 0. The minimum Gasteiger partial charge on any atom is -0.0917 e. The van der Waals surface area contributed by atoms with Crippen LogP contribution in [0.2, 0.25) is 12.6 Å². The first-order chi connectivity index (χ1) is 7.12. The summed E-state index contributed by atoms with van der Waals surface area (Å²) in [6.07, 6.45) is 5.44. The molecule has 15 heavy (non-hydrogen) atoms. The first-order valence-corrected chi connectivity index (χ1v) is 6.91. The fraction of sp³-hybridized carbons (Fsp3) is 1.00. The van der Waals surface area contributed by atoms with E-state index in [1.54, 1.807) is 0 Å². The summed E-state index contributed by atoms with van der Waals surface area (Å²) in [6.45, 7) is 14.0.